The first-order valence-electron chi connectivity index (χ1n) is 11.6. The van der Waals surface area contributed by atoms with Crippen LogP contribution in [0.4, 0.5) is 21.9 Å². The number of ether oxygens (including phenoxy) is 2. The van der Waals surface area contributed by atoms with Crippen LogP contribution >= 0.6 is 11.8 Å². The van der Waals surface area contributed by atoms with Gasteiger partial charge in [0.1, 0.15) is 18.0 Å². The predicted molar refractivity (Wildman–Crippen MR) is 145 cm³/mol. The van der Waals surface area contributed by atoms with Crippen molar-refractivity contribution in [2.45, 2.75) is 6.92 Å². The molecule has 1 aliphatic rings. The average molecular weight is 565 g/mol. The van der Waals surface area contributed by atoms with Crippen molar-refractivity contribution in [3.8, 4) is 17.2 Å². The van der Waals surface area contributed by atoms with Crippen LogP contribution in [0.3, 0.4) is 0 Å². The second-order valence-electron chi connectivity index (χ2n) is 8.11. The van der Waals surface area contributed by atoms with Gasteiger partial charge in [0.05, 0.1) is 27.4 Å². The fourth-order valence-corrected chi connectivity index (χ4v) is 4.41. The first-order chi connectivity index (χ1) is 19.1. The van der Waals surface area contributed by atoms with Crippen LogP contribution in [0, 0.1) is 20.2 Å². The highest BCUT2D eigenvalue weighted by Crippen LogP contribution is 2.36. The van der Waals surface area contributed by atoms with E-state index in [0.717, 1.165) is 23.1 Å². The van der Waals surface area contributed by atoms with Gasteiger partial charge in [-0.05, 0) is 72.8 Å². The van der Waals surface area contributed by atoms with E-state index in [4.69, 9.17) is 9.47 Å². The van der Waals surface area contributed by atoms with E-state index in [0.29, 0.717) is 35.4 Å². The van der Waals surface area contributed by atoms with E-state index < -0.39 is 44.8 Å². The van der Waals surface area contributed by atoms with E-state index in [-0.39, 0.29) is 16.4 Å². The molecule has 1 aliphatic heterocycles. The Kier molecular flexibility index (Phi) is 8.39. The molecule has 13 nitrogen and oxygen atoms in total. The smallest absolute Gasteiger partial charge is 0.318 e. The van der Waals surface area contributed by atoms with Gasteiger partial charge in [0, 0.05) is 11.8 Å². The van der Waals surface area contributed by atoms with Gasteiger partial charge in [0.2, 0.25) is 11.7 Å². The molecular weight excluding hydrogens is 544 g/mol. The summed E-state index contributed by atoms with van der Waals surface area (Å²) in [6.45, 7) is 1.86. The van der Waals surface area contributed by atoms with E-state index in [2.05, 4.69) is 5.32 Å². The third-order valence-corrected chi connectivity index (χ3v) is 6.27. The molecule has 14 heteroatoms. The normalized spacial score (nSPS) is 13.8. The third kappa shape index (κ3) is 6.60. The van der Waals surface area contributed by atoms with Crippen LogP contribution in [-0.4, -0.2) is 45.0 Å². The van der Waals surface area contributed by atoms with Crippen molar-refractivity contribution in [2.75, 3.05) is 18.5 Å². The van der Waals surface area contributed by atoms with Crippen molar-refractivity contribution < 1.29 is 33.7 Å². The van der Waals surface area contributed by atoms with Gasteiger partial charge in [0.25, 0.3) is 16.8 Å². The standard InChI is InChI=1S/C26H20N4O9S/c1-2-38-19-9-6-17(7-10-19)27-24(31)15-28-25(32)23(40-26(28)33)13-16-4-3-5-20(12-16)39-22-11-8-18(29(34)35)14-21(22)30(36)37/h3-14H,2,15H2,1H3,(H,27,31)/b23-13+. The Morgan fingerprint density at radius 3 is 2.42 bits per heavy atom. The van der Waals surface area contributed by atoms with Crippen molar-refractivity contribution >= 4 is 52.0 Å². The lowest BCUT2D eigenvalue weighted by atomic mass is 10.2. The van der Waals surface area contributed by atoms with Gasteiger partial charge >= 0.3 is 5.69 Å². The second kappa shape index (κ2) is 12.1. The second-order valence-corrected chi connectivity index (χ2v) is 9.11. The van der Waals surface area contributed by atoms with Crippen LogP contribution < -0.4 is 14.8 Å². The number of non-ortho nitro benzene ring substituents is 1. The molecule has 40 heavy (non-hydrogen) atoms. The van der Waals surface area contributed by atoms with E-state index >= 15 is 0 Å². The summed E-state index contributed by atoms with van der Waals surface area (Å²) in [6, 6.07) is 15.8. The highest BCUT2D eigenvalue weighted by Gasteiger charge is 2.36. The Hall–Kier alpha value is -5.24. The Morgan fingerprint density at radius 1 is 1.00 bits per heavy atom. The highest BCUT2D eigenvalue weighted by atomic mass is 32.2. The summed E-state index contributed by atoms with van der Waals surface area (Å²) in [4.78, 5) is 59.5. The van der Waals surface area contributed by atoms with Crippen molar-refractivity contribution in [3.63, 3.8) is 0 Å². The van der Waals surface area contributed by atoms with Crippen LogP contribution in [0.25, 0.3) is 6.08 Å². The molecule has 0 aliphatic carbocycles. The molecule has 0 unspecified atom stereocenters. The first kappa shape index (κ1) is 27.8. The lowest BCUT2D eigenvalue weighted by Gasteiger charge is -2.12. The Labute approximate surface area is 230 Å². The van der Waals surface area contributed by atoms with Gasteiger partial charge in [-0.15, -0.1) is 0 Å². The maximum absolute atomic E-state index is 12.9. The van der Waals surface area contributed by atoms with Crippen molar-refractivity contribution in [1.29, 1.82) is 0 Å². The summed E-state index contributed by atoms with van der Waals surface area (Å²) >= 11 is 0.661. The molecule has 0 atom stereocenters. The number of nitro groups is 2. The number of amides is 3. The number of nitro benzene ring substituents is 2. The zero-order valence-corrected chi connectivity index (χ0v) is 21.6. The summed E-state index contributed by atoms with van der Waals surface area (Å²) in [7, 11) is 0. The van der Waals surface area contributed by atoms with Gasteiger partial charge in [-0.2, -0.15) is 0 Å². The fourth-order valence-electron chi connectivity index (χ4n) is 3.58. The molecule has 1 heterocycles. The molecule has 204 valence electrons. The number of nitrogens with zero attached hydrogens (tertiary/aromatic N) is 3. The lowest BCUT2D eigenvalue weighted by molar-refractivity contribution is -0.394. The quantitative estimate of drug-likeness (QED) is 0.192. The lowest BCUT2D eigenvalue weighted by Crippen LogP contribution is -2.36. The van der Waals surface area contributed by atoms with Gasteiger partial charge in [-0.3, -0.25) is 39.5 Å². The predicted octanol–water partition coefficient (Wildman–Crippen LogP) is 5.37. The summed E-state index contributed by atoms with van der Waals surface area (Å²) in [5, 5.41) is 24.3. The van der Waals surface area contributed by atoms with Crippen LogP contribution in [0.15, 0.2) is 71.6 Å². The van der Waals surface area contributed by atoms with Gasteiger partial charge in [-0.25, -0.2) is 0 Å². The van der Waals surface area contributed by atoms with E-state index in [1.165, 1.54) is 18.2 Å². The SMILES string of the molecule is CCOc1ccc(NC(=O)CN2C(=O)S/C(=C/c3cccc(Oc4ccc([N+](=O)[O-])cc4[N+](=O)[O-])c3)C2=O)cc1. The first-order valence-corrected chi connectivity index (χ1v) is 12.4. The summed E-state index contributed by atoms with van der Waals surface area (Å²) in [6.07, 6.45) is 1.42. The molecule has 3 aromatic rings. The number of carbonyl (C=O) groups is 3. The molecule has 0 radical (unpaired) electrons. The number of carbonyl (C=O) groups excluding carboxylic acids is 3. The molecule has 0 spiro atoms. The number of hydrogen-bond acceptors (Lipinski definition) is 10. The minimum Gasteiger partial charge on any atom is -0.494 e. The van der Waals surface area contributed by atoms with Crippen LogP contribution in [0.2, 0.25) is 0 Å². The maximum atomic E-state index is 12.9. The van der Waals surface area contributed by atoms with E-state index in [1.807, 2.05) is 6.92 Å². The van der Waals surface area contributed by atoms with E-state index in [9.17, 15) is 34.6 Å². The number of anilines is 1. The highest BCUT2D eigenvalue weighted by molar-refractivity contribution is 8.18. The Morgan fingerprint density at radius 2 is 1.75 bits per heavy atom. The maximum Gasteiger partial charge on any atom is 0.318 e. The zero-order valence-electron chi connectivity index (χ0n) is 20.8. The van der Waals surface area contributed by atoms with E-state index in [1.54, 1.807) is 36.4 Å². The Bertz CT molecular complexity index is 1540. The van der Waals surface area contributed by atoms with Crippen LogP contribution in [-0.2, 0) is 9.59 Å². The molecule has 0 saturated carbocycles. The molecule has 1 fully saturated rings. The largest absolute Gasteiger partial charge is 0.494 e. The van der Waals surface area contributed by atoms with Gasteiger partial charge in [0.15, 0.2) is 0 Å². The number of nitrogens with one attached hydrogen (secondary N) is 1. The van der Waals surface area contributed by atoms with Crippen molar-refractivity contribution in [1.82, 2.24) is 4.90 Å². The third-order valence-electron chi connectivity index (χ3n) is 5.36. The van der Waals surface area contributed by atoms with Crippen LogP contribution in [0.1, 0.15) is 12.5 Å². The summed E-state index contributed by atoms with van der Waals surface area (Å²) < 4.78 is 10.9. The van der Waals surface area contributed by atoms with Crippen molar-refractivity contribution in [3.05, 3.63) is 97.4 Å². The minimum atomic E-state index is -0.797. The summed E-state index contributed by atoms with van der Waals surface area (Å²) in [5.41, 5.74) is -0.145. The van der Waals surface area contributed by atoms with Gasteiger partial charge < -0.3 is 14.8 Å². The fraction of sp³-hybridized carbons (Fsp3) is 0.115. The molecule has 1 N–H and O–H groups in total. The topological polar surface area (TPSA) is 171 Å². The molecule has 0 aromatic heterocycles. The van der Waals surface area contributed by atoms with Gasteiger partial charge in [-0.1, -0.05) is 12.1 Å². The summed E-state index contributed by atoms with van der Waals surface area (Å²) in [5.74, 6) is -0.648. The molecule has 1 saturated heterocycles. The number of hydrogen-bond donors (Lipinski definition) is 1. The molecule has 3 amide bonds. The number of benzene rings is 3. The number of thioether (sulfide) groups is 1. The Balaban J connectivity index is 1.45. The molecule has 0 bridgehead atoms. The van der Waals surface area contributed by atoms with Crippen molar-refractivity contribution in [2.24, 2.45) is 0 Å². The average Bonchev–Trinajstić information content (AvgIpc) is 3.17. The zero-order chi connectivity index (χ0) is 28.8. The monoisotopic (exact) mass is 564 g/mol. The molecular formula is C26H20N4O9S. The van der Waals surface area contributed by atoms with Crippen LogP contribution in [0.5, 0.6) is 17.2 Å². The molecule has 4 rings (SSSR count). The number of rotatable bonds is 10. The molecule has 3 aromatic carbocycles. The number of imide groups is 1. The minimum absolute atomic E-state index is 0.0670.